The van der Waals surface area contributed by atoms with Crippen LogP contribution in [0.4, 0.5) is 5.69 Å². The normalized spacial score (nSPS) is 11.9. The second-order valence-corrected chi connectivity index (χ2v) is 9.15. The van der Waals surface area contributed by atoms with Gasteiger partial charge < -0.3 is 5.11 Å². The Bertz CT molecular complexity index is 1140. The molecular weight excluding hydrogens is 424 g/mol. The lowest BCUT2D eigenvalue weighted by atomic mass is 9.99. The summed E-state index contributed by atoms with van der Waals surface area (Å²) in [5, 5.41) is 20.0. The van der Waals surface area contributed by atoms with E-state index in [2.05, 4.69) is 0 Å². The summed E-state index contributed by atoms with van der Waals surface area (Å²) in [7, 11) is -2.85. The molecular formula is C21H22N2O7S. The molecule has 0 spiro atoms. The summed E-state index contributed by atoms with van der Waals surface area (Å²) in [6.45, 7) is 3.02. The molecule has 0 unspecified atom stereocenters. The number of likely N-dealkylation sites (N-methyl/N-ethyl adjacent to an activating group) is 1. The van der Waals surface area contributed by atoms with Gasteiger partial charge in [0.1, 0.15) is 6.54 Å². The van der Waals surface area contributed by atoms with Gasteiger partial charge in [-0.2, -0.15) is 4.31 Å². The minimum Gasteiger partial charge on any atom is -0.480 e. The molecule has 0 saturated heterocycles. The van der Waals surface area contributed by atoms with E-state index in [4.69, 9.17) is 5.11 Å². The van der Waals surface area contributed by atoms with Gasteiger partial charge in [0, 0.05) is 24.2 Å². The molecule has 2 aromatic rings. The number of nitro groups is 1. The Morgan fingerprint density at radius 3 is 2.29 bits per heavy atom. The summed E-state index contributed by atoms with van der Waals surface area (Å²) < 4.78 is 25.4. The molecule has 164 valence electrons. The fraction of sp³-hybridized carbons (Fsp3) is 0.238. The van der Waals surface area contributed by atoms with Gasteiger partial charge in [0.25, 0.3) is 5.69 Å². The quantitative estimate of drug-likeness (QED) is 0.270. The van der Waals surface area contributed by atoms with Gasteiger partial charge in [-0.3, -0.25) is 19.7 Å². The van der Waals surface area contributed by atoms with E-state index in [9.17, 15) is 28.1 Å². The maximum atomic E-state index is 12.4. The van der Waals surface area contributed by atoms with Crippen LogP contribution in [0.1, 0.15) is 41.3 Å². The molecule has 0 aromatic heterocycles. The maximum Gasteiger partial charge on any atom is 0.318 e. The summed E-state index contributed by atoms with van der Waals surface area (Å²) in [5.41, 5.74) is 1.27. The minimum atomic E-state index is -4.00. The van der Waals surface area contributed by atoms with Crippen molar-refractivity contribution in [1.82, 2.24) is 4.31 Å². The number of carbonyl (C=O) groups is 2. The number of nitro benzene ring substituents is 1. The van der Waals surface area contributed by atoms with Crippen LogP contribution in [-0.4, -0.2) is 48.1 Å². The van der Waals surface area contributed by atoms with E-state index in [-0.39, 0.29) is 22.1 Å². The topological polar surface area (TPSA) is 135 Å². The highest BCUT2D eigenvalue weighted by Crippen LogP contribution is 2.27. The van der Waals surface area contributed by atoms with Crippen molar-refractivity contribution in [3.05, 3.63) is 75.3 Å². The van der Waals surface area contributed by atoms with Crippen LogP contribution in [0, 0.1) is 10.1 Å². The van der Waals surface area contributed by atoms with E-state index in [0.717, 1.165) is 7.05 Å². The molecule has 0 saturated carbocycles. The first-order chi connectivity index (χ1) is 14.4. The molecule has 0 fully saturated rings. The highest BCUT2D eigenvalue weighted by atomic mass is 32.2. The molecule has 1 N–H and O–H groups in total. The Hall–Kier alpha value is -3.37. The monoisotopic (exact) mass is 446 g/mol. The average molecular weight is 446 g/mol. The largest absolute Gasteiger partial charge is 0.480 e. The van der Waals surface area contributed by atoms with Gasteiger partial charge in [0.05, 0.1) is 9.82 Å². The van der Waals surface area contributed by atoms with Crippen molar-refractivity contribution in [2.75, 3.05) is 13.6 Å². The summed E-state index contributed by atoms with van der Waals surface area (Å²) in [6.07, 6.45) is 2.69. The second kappa shape index (κ2) is 9.63. The summed E-state index contributed by atoms with van der Waals surface area (Å²) >= 11 is 0. The number of rotatable bonds is 9. The molecule has 0 bridgehead atoms. The van der Waals surface area contributed by atoms with Gasteiger partial charge in [-0.05, 0) is 41.8 Å². The van der Waals surface area contributed by atoms with Crippen molar-refractivity contribution in [1.29, 1.82) is 0 Å². The highest BCUT2D eigenvalue weighted by molar-refractivity contribution is 7.89. The van der Waals surface area contributed by atoms with E-state index in [1.807, 2.05) is 13.8 Å². The first-order valence-electron chi connectivity index (χ1n) is 9.22. The van der Waals surface area contributed by atoms with Crippen LogP contribution in [0.3, 0.4) is 0 Å². The van der Waals surface area contributed by atoms with Gasteiger partial charge in [-0.15, -0.1) is 0 Å². The smallest absolute Gasteiger partial charge is 0.318 e. The van der Waals surface area contributed by atoms with Crippen molar-refractivity contribution >= 4 is 33.5 Å². The maximum absolute atomic E-state index is 12.4. The molecule has 0 aliphatic heterocycles. The number of allylic oxidation sites excluding steroid dienone is 1. The Balaban J connectivity index is 2.21. The molecule has 0 amide bonds. The Morgan fingerprint density at radius 2 is 1.77 bits per heavy atom. The van der Waals surface area contributed by atoms with E-state index in [1.54, 1.807) is 12.1 Å². The molecule has 10 heteroatoms. The number of carbonyl (C=O) groups excluding carboxylic acids is 1. The lowest BCUT2D eigenvalue weighted by Crippen LogP contribution is -2.32. The van der Waals surface area contributed by atoms with Gasteiger partial charge in [0.15, 0.2) is 5.78 Å². The zero-order chi connectivity index (χ0) is 23.3. The number of carboxylic acid groups (broad SMARTS) is 1. The molecule has 31 heavy (non-hydrogen) atoms. The van der Waals surface area contributed by atoms with Crippen molar-refractivity contribution in [2.24, 2.45) is 0 Å². The van der Waals surface area contributed by atoms with Gasteiger partial charge in [-0.25, -0.2) is 8.42 Å². The first-order valence-corrected chi connectivity index (χ1v) is 10.7. The highest BCUT2D eigenvalue weighted by Gasteiger charge is 2.23. The third-order valence-corrected chi connectivity index (χ3v) is 6.32. The van der Waals surface area contributed by atoms with Crippen LogP contribution in [-0.2, 0) is 14.8 Å². The molecule has 0 heterocycles. The van der Waals surface area contributed by atoms with Gasteiger partial charge >= 0.3 is 5.97 Å². The molecule has 0 aliphatic rings. The van der Waals surface area contributed by atoms with E-state index < -0.39 is 33.2 Å². The molecule has 0 aliphatic carbocycles. The summed E-state index contributed by atoms with van der Waals surface area (Å²) in [5.74, 6) is -1.73. The summed E-state index contributed by atoms with van der Waals surface area (Å²) in [6, 6.07) is 9.80. The van der Waals surface area contributed by atoms with Crippen molar-refractivity contribution in [2.45, 2.75) is 24.7 Å². The van der Waals surface area contributed by atoms with Crippen molar-refractivity contribution < 1.29 is 28.0 Å². The lowest BCUT2D eigenvalue weighted by Gasteiger charge is -2.14. The Kier molecular flexibility index (Phi) is 7.42. The molecule has 2 aromatic carbocycles. The van der Waals surface area contributed by atoms with E-state index in [0.29, 0.717) is 15.4 Å². The van der Waals surface area contributed by atoms with Crippen LogP contribution in [0.15, 0.2) is 53.4 Å². The zero-order valence-corrected chi connectivity index (χ0v) is 18.0. The number of benzene rings is 2. The fourth-order valence-corrected chi connectivity index (χ4v) is 3.95. The number of aliphatic carboxylic acids is 1. The third-order valence-electron chi connectivity index (χ3n) is 4.51. The van der Waals surface area contributed by atoms with Crippen LogP contribution in [0.25, 0.3) is 6.08 Å². The molecule has 0 atom stereocenters. The molecule has 0 radical (unpaired) electrons. The van der Waals surface area contributed by atoms with Crippen LogP contribution < -0.4 is 0 Å². The third kappa shape index (κ3) is 5.83. The van der Waals surface area contributed by atoms with Gasteiger partial charge in [-0.1, -0.05) is 32.1 Å². The van der Waals surface area contributed by atoms with Gasteiger partial charge in [0.2, 0.25) is 10.0 Å². The number of ketones is 1. The standard InChI is InChI=1S/C21H22N2O7S/c1-14(2)18-10-4-15(12-19(18)23(27)28)5-11-20(24)16-6-8-17(9-7-16)31(29,30)22(3)13-21(25)26/h4-12,14H,13H2,1-3H3,(H,25,26)/b11-5+. The predicted molar refractivity (Wildman–Crippen MR) is 114 cm³/mol. The minimum absolute atomic E-state index is 0.0235. The number of carboxylic acids is 1. The zero-order valence-electron chi connectivity index (χ0n) is 17.2. The lowest BCUT2D eigenvalue weighted by molar-refractivity contribution is -0.385. The van der Waals surface area contributed by atoms with Crippen molar-refractivity contribution in [3.8, 4) is 0 Å². The fourth-order valence-electron chi connectivity index (χ4n) is 2.83. The molecule has 2 rings (SSSR count). The second-order valence-electron chi connectivity index (χ2n) is 7.11. The number of nitrogens with zero attached hydrogens (tertiary/aromatic N) is 2. The van der Waals surface area contributed by atoms with Crippen LogP contribution in [0.5, 0.6) is 0 Å². The van der Waals surface area contributed by atoms with Crippen molar-refractivity contribution in [3.63, 3.8) is 0 Å². The van der Waals surface area contributed by atoms with Crippen LogP contribution >= 0.6 is 0 Å². The average Bonchev–Trinajstić information content (AvgIpc) is 2.71. The number of hydrogen-bond donors (Lipinski definition) is 1. The summed E-state index contributed by atoms with van der Waals surface area (Å²) in [4.78, 5) is 33.8. The molecule has 9 nitrogen and oxygen atoms in total. The Labute approximate surface area is 179 Å². The van der Waals surface area contributed by atoms with E-state index >= 15 is 0 Å². The van der Waals surface area contributed by atoms with E-state index in [1.165, 1.54) is 42.5 Å². The number of sulfonamides is 1. The number of hydrogen-bond acceptors (Lipinski definition) is 6. The van der Waals surface area contributed by atoms with Crippen LogP contribution in [0.2, 0.25) is 0 Å². The first kappa shape index (κ1) is 23.9. The Morgan fingerprint density at radius 1 is 1.16 bits per heavy atom. The SMILES string of the molecule is CC(C)c1ccc(/C=C/C(=O)c2ccc(S(=O)(=O)N(C)CC(=O)O)cc2)cc1[N+](=O)[O-]. The predicted octanol–water partition coefficient (Wildman–Crippen LogP) is 3.32.